The minimum Gasteiger partial charge on any atom is -0.480 e. The average molecular weight is 305 g/mol. The van der Waals surface area contributed by atoms with Crippen LogP contribution in [0.4, 0.5) is 0 Å². The van der Waals surface area contributed by atoms with Crippen molar-refractivity contribution in [2.24, 2.45) is 0 Å². The number of rotatable bonds is 3. The Morgan fingerprint density at radius 1 is 1.33 bits per heavy atom. The molecule has 1 amide bonds. The number of piperazine rings is 1. The summed E-state index contributed by atoms with van der Waals surface area (Å²) in [6, 6.07) is 0. The molecule has 8 heteroatoms. The monoisotopic (exact) mass is 305 g/mol. The average Bonchev–Trinajstić information content (AvgIpc) is 3.04. The SMILES string of the molecule is COc1nscc1-c1cnc(C(=O)N2CCNCC2)cn1. The zero-order valence-electron chi connectivity index (χ0n) is 11.6. The summed E-state index contributed by atoms with van der Waals surface area (Å²) >= 11 is 1.29. The van der Waals surface area contributed by atoms with Gasteiger partial charge in [-0.3, -0.25) is 9.78 Å². The molecule has 1 N–H and O–H groups in total. The Balaban J connectivity index is 1.79. The largest absolute Gasteiger partial charge is 0.480 e. The minimum absolute atomic E-state index is 0.0778. The van der Waals surface area contributed by atoms with Crippen LogP contribution in [0.2, 0.25) is 0 Å². The quantitative estimate of drug-likeness (QED) is 0.897. The lowest BCUT2D eigenvalue weighted by Gasteiger charge is -2.26. The smallest absolute Gasteiger partial charge is 0.274 e. The van der Waals surface area contributed by atoms with Crippen LogP contribution in [-0.4, -0.2) is 58.4 Å². The van der Waals surface area contributed by atoms with Crippen LogP contribution >= 0.6 is 11.5 Å². The van der Waals surface area contributed by atoms with Crippen molar-refractivity contribution in [3.05, 3.63) is 23.5 Å². The Hall–Kier alpha value is -2.06. The number of aromatic nitrogens is 3. The fraction of sp³-hybridized carbons (Fsp3) is 0.385. The first-order chi connectivity index (χ1) is 10.3. The predicted molar refractivity (Wildman–Crippen MR) is 78.5 cm³/mol. The fourth-order valence-electron chi connectivity index (χ4n) is 2.15. The van der Waals surface area contributed by atoms with E-state index in [4.69, 9.17) is 4.74 Å². The predicted octanol–water partition coefficient (Wildman–Crippen LogP) is 0.654. The van der Waals surface area contributed by atoms with E-state index in [2.05, 4.69) is 19.7 Å². The van der Waals surface area contributed by atoms with Gasteiger partial charge in [0.2, 0.25) is 5.88 Å². The van der Waals surface area contributed by atoms with Crippen molar-refractivity contribution < 1.29 is 9.53 Å². The molecule has 3 heterocycles. The van der Waals surface area contributed by atoms with Crippen LogP contribution in [0.25, 0.3) is 11.3 Å². The number of amides is 1. The molecule has 3 rings (SSSR count). The molecule has 0 aliphatic carbocycles. The number of carbonyl (C=O) groups is 1. The molecule has 1 fully saturated rings. The lowest BCUT2D eigenvalue weighted by atomic mass is 10.2. The number of nitrogens with one attached hydrogen (secondary N) is 1. The third-order valence-electron chi connectivity index (χ3n) is 3.28. The Morgan fingerprint density at radius 3 is 2.81 bits per heavy atom. The maximum absolute atomic E-state index is 12.3. The van der Waals surface area contributed by atoms with Crippen molar-refractivity contribution in [3.8, 4) is 17.1 Å². The second-order valence-electron chi connectivity index (χ2n) is 4.57. The highest BCUT2D eigenvalue weighted by molar-refractivity contribution is 7.04. The lowest BCUT2D eigenvalue weighted by Crippen LogP contribution is -2.46. The molecule has 110 valence electrons. The van der Waals surface area contributed by atoms with Crippen molar-refractivity contribution in [1.82, 2.24) is 24.6 Å². The molecule has 2 aromatic rings. The molecule has 0 unspecified atom stereocenters. The number of ether oxygens (including phenoxy) is 1. The van der Waals surface area contributed by atoms with E-state index in [1.54, 1.807) is 18.2 Å². The zero-order valence-corrected chi connectivity index (χ0v) is 12.4. The van der Waals surface area contributed by atoms with Crippen molar-refractivity contribution in [1.29, 1.82) is 0 Å². The van der Waals surface area contributed by atoms with Crippen LogP contribution in [0.5, 0.6) is 5.88 Å². The first-order valence-electron chi connectivity index (χ1n) is 6.60. The van der Waals surface area contributed by atoms with E-state index in [-0.39, 0.29) is 5.91 Å². The molecule has 21 heavy (non-hydrogen) atoms. The highest BCUT2D eigenvalue weighted by atomic mass is 32.1. The molecule has 2 aromatic heterocycles. The van der Waals surface area contributed by atoms with Gasteiger partial charge in [-0.05, 0) is 11.5 Å². The topological polar surface area (TPSA) is 80.2 Å². The van der Waals surface area contributed by atoms with Gasteiger partial charge >= 0.3 is 0 Å². The fourth-order valence-corrected chi connectivity index (χ4v) is 2.80. The van der Waals surface area contributed by atoms with E-state index in [0.29, 0.717) is 30.4 Å². The number of hydrogen-bond acceptors (Lipinski definition) is 7. The van der Waals surface area contributed by atoms with Crippen molar-refractivity contribution in [3.63, 3.8) is 0 Å². The minimum atomic E-state index is -0.0778. The third kappa shape index (κ3) is 2.86. The van der Waals surface area contributed by atoms with Crippen LogP contribution < -0.4 is 10.1 Å². The summed E-state index contributed by atoms with van der Waals surface area (Å²) in [4.78, 5) is 22.6. The summed E-state index contributed by atoms with van der Waals surface area (Å²) in [6.07, 6.45) is 3.10. The Labute approximate surface area is 126 Å². The van der Waals surface area contributed by atoms with Gasteiger partial charge in [-0.1, -0.05) is 0 Å². The molecule has 1 aliphatic heterocycles. The molecule has 1 aliphatic rings. The second-order valence-corrected chi connectivity index (χ2v) is 5.20. The summed E-state index contributed by atoms with van der Waals surface area (Å²) < 4.78 is 9.27. The van der Waals surface area contributed by atoms with Crippen LogP contribution in [0.3, 0.4) is 0 Å². The van der Waals surface area contributed by atoms with E-state index in [1.165, 1.54) is 17.7 Å². The number of nitrogens with zero attached hydrogens (tertiary/aromatic N) is 4. The van der Waals surface area contributed by atoms with Crippen molar-refractivity contribution in [2.45, 2.75) is 0 Å². The second kappa shape index (κ2) is 6.15. The molecule has 1 saturated heterocycles. The number of methoxy groups -OCH3 is 1. The van der Waals surface area contributed by atoms with Gasteiger partial charge in [-0.2, -0.15) is 4.37 Å². The molecule has 0 bridgehead atoms. The van der Waals surface area contributed by atoms with Crippen LogP contribution in [0, 0.1) is 0 Å². The highest BCUT2D eigenvalue weighted by Crippen LogP contribution is 2.28. The van der Waals surface area contributed by atoms with Gasteiger partial charge in [0.1, 0.15) is 5.69 Å². The maximum atomic E-state index is 12.3. The lowest BCUT2D eigenvalue weighted by molar-refractivity contribution is 0.0729. The Kier molecular flexibility index (Phi) is 4.07. The van der Waals surface area contributed by atoms with Crippen LogP contribution in [-0.2, 0) is 0 Å². The third-order valence-corrected chi connectivity index (χ3v) is 3.89. The Morgan fingerprint density at radius 2 is 2.14 bits per heavy atom. The summed E-state index contributed by atoms with van der Waals surface area (Å²) in [6.45, 7) is 3.03. The van der Waals surface area contributed by atoms with Gasteiger partial charge in [0, 0.05) is 31.6 Å². The van der Waals surface area contributed by atoms with E-state index in [1.807, 2.05) is 5.38 Å². The van der Waals surface area contributed by atoms with E-state index < -0.39 is 0 Å². The van der Waals surface area contributed by atoms with Crippen molar-refractivity contribution in [2.75, 3.05) is 33.3 Å². The maximum Gasteiger partial charge on any atom is 0.274 e. The highest BCUT2D eigenvalue weighted by Gasteiger charge is 2.20. The van der Waals surface area contributed by atoms with Crippen LogP contribution in [0.1, 0.15) is 10.5 Å². The zero-order chi connectivity index (χ0) is 14.7. The van der Waals surface area contributed by atoms with Gasteiger partial charge in [0.05, 0.1) is 30.8 Å². The van der Waals surface area contributed by atoms with Crippen LogP contribution in [0.15, 0.2) is 17.8 Å². The molecular weight excluding hydrogens is 290 g/mol. The van der Waals surface area contributed by atoms with E-state index >= 15 is 0 Å². The molecule has 0 atom stereocenters. The summed E-state index contributed by atoms with van der Waals surface area (Å²) in [5.41, 5.74) is 1.80. The molecule has 0 radical (unpaired) electrons. The summed E-state index contributed by atoms with van der Waals surface area (Å²) in [5, 5.41) is 5.06. The standard InChI is InChI=1S/C13H15N5O2S/c1-20-12-9(8-21-17-12)10-6-16-11(7-15-10)13(19)18-4-2-14-3-5-18/h6-8,14H,2-5H2,1H3. The molecular formula is C13H15N5O2S. The summed E-state index contributed by atoms with van der Waals surface area (Å²) in [7, 11) is 1.56. The van der Waals surface area contributed by atoms with Gasteiger partial charge in [-0.25, -0.2) is 4.98 Å². The van der Waals surface area contributed by atoms with Gasteiger partial charge in [0.15, 0.2) is 0 Å². The number of carbonyl (C=O) groups excluding carboxylic acids is 1. The van der Waals surface area contributed by atoms with Crippen molar-refractivity contribution >= 4 is 17.4 Å². The molecule has 0 spiro atoms. The molecule has 7 nitrogen and oxygen atoms in total. The molecule has 0 aromatic carbocycles. The van der Waals surface area contributed by atoms with Gasteiger partial charge < -0.3 is 15.0 Å². The number of hydrogen-bond donors (Lipinski definition) is 1. The first-order valence-corrected chi connectivity index (χ1v) is 7.44. The van der Waals surface area contributed by atoms with Gasteiger partial charge in [0.25, 0.3) is 5.91 Å². The Bertz CT molecular complexity index is 622. The normalized spacial score (nSPS) is 15.0. The van der Waals surface area contributed by atoms with E-state index in [9.17, 15) is 4.79 Å². The first kappa shape index (κ1) is 13.9. The summed E-state index contributed by atoms with van der Waals surface area (Å²) in [5.74, 6) is 0.446. The van der Waals surface area contributed by atoms with E-state index in [0.717, 1.165) is 18.7 Å². The van der Waals surface area contributed by atoms with Gasteiger partial charge in [-0.15, -0.1) is 0 Å². The molecule has 0 saturated carbocycles.